The molecule has 1 aromatic heterocycles. The van der Waals surface area contributed by atoms with E-state index < -0.39 is 58.6 Å². The number of ether oxygens (including phenoxy) is 2. The molecular weight excluding hydrogens is 507 g/mol. The molecule has 8 nitrogen and oxygen atoms in total. The fraction of sp³-hybridized carbons (Fsp3) is 0.259. The Morgan fingerprint density at radius 1 is 1.05 bits per heavy atom. The summed E-state index contributed by atoms with van der Waals surface area (Å²) in [5.41, 5.74) is -0.614. The van der Waals surface area contributed by atoms with Crippen LogP contribution in [0.25, 0.3) is 10.9 Å². The topological polar surface area (TPSA) is 112 Å². The number of ketones is 2. The standard InChI is InChI=1S/C27H20F3NO7/c1-3-37-25(35)21-19(17-12-31(13(2)32)18-11-7-6-8-14(17)18)20-22(33)15-9-4-5-10-16(15)23(34)24(20)38-26(21,36)27(28,29)30/h4-12,19,21,36H,3H2,1-2H3/t19-,21-,26+/m0/s1. The summed E-state index contributed by atoms with van der Waals surface area (Å²) in [7, 11) is 0. The van der Waals surface area contributed by atoms with E-state index in [0.717, 1.165) is 4.57 Å². The molecule has 2 aliphatic rings. The molecule has 2 aromatic carbocycles. The average Bonchev–Trinajstić information content (AvgIpc) is 3.26. The third-order valence-electron chi connectivity index (χ3n) is 6.80. The molecule has 0 spiro atoms. The summed E-state index contributed by atoms with van der Waals surface area (Å²) in [6.45, 7) is 2.25. The number of nitrogens with zero attached hydrogens (tertiary/aromatic N) is 1. The molecule has 0 saturated carbocycles. The van der Waals surface area contributed by atoms with Gasteiger partial charge in [-0.25, -0.2) is 0 Å². The molecule has 5 rings (SSSR count). The van der Waals surface area contributed by atoms with Crippen molar-refractivity contribution in [3.05, 3.63) is 82.8 Å². The Morgan fingerprint density at radius 2 is 1.66 bits per heavy atom. The molecule has 11 heteroatoms. The molecule has 1 aliphatic carbocycles. The number of carbonyl (C=O) groups is 4. The minimum Gasteiger partial charge on any atom is -0.466 e. The van der Waals surface area contributed by atoms with Crippen molar-refractivity contribution >= 4 is 34.3 Å². The number of aliphatic hydroxyl groups is 1. The molecule has 1 N–H and O–H groups in total. The Balaban J connectivity index is 1.90. The van der Waals surface area contributed by atoms with Gasteiger partial charge in [0.15, 0.2) is 11.5 Å². The van der Waals surface area contributed by atoms with Gasteiger partial charge in [0.1, 0.15) is 5.92 Å². The van der Waals surface area contributed by atoms with Crippen LogP contribution >= 0.6 is 0 Å². The summed E-state index contributed by atoms with van der Waals surface area (Å²) in [4.78, 5) is 52.7. The van der Waals surface area contributed by atoms with Crippen molar-refractivity contribution in [2.45, 2.75) is 31.7 Å². The van der Waals surface area contributed by atoms with Gasteiger partial charge in [-0.1, -0.05) is 42.5 Å². The van der Waals surface area contributed by atoms with Crippen molar-refractivity contribution in [2.75, 3.05) is 6.61 Å². The quantitative estimate of drug-likeness (QED) is 0.509. The summed E-state index contributed by atoms with van der Waals surface area (Å²) in [6.07, 6.45) is -4.39. The summed E-state index contributed by atoms with van der Waals surface area (Å²) in [5.74, 6) is -13.6. The zero-order valence-corrected chi connectivity index (χ0v) is 20.0. The highest BCUT2D eigenvalue weighted by Gasteiger charge is 2.71. The molecule has 196 valence electrons. The fourth-order valence-corrected chi connectivity index (χ4v) is 5.18. The lowest BCUT2D eigenvalue weighted by Gasteiger charge is -2.45. The third kappa shape index (κ3) is 3.49. The maximum Gasteiger partial charge on any atom is 0.456 e. The number of aromatic nitrogens is 1. The molecule has 0 saturated heterocycles. The average molecular weight is 527 g/mol. The normalized spacial score (nSPS) is 23.1. The largest absolute Gasteiger partial charge is 0.466 e. The first-order chi connectivity index (χ1) is 17.9. The monoisotopic (exact) mass is 527 g/mol. The number of hydrogen-bond acceptors (Lipinski definition) is 7. The van der Waals surface area contributed by atoms with Gasteiger partial charge < -0.3 is 14.6 Å². The molecule has 0 amide bonds. The van der Waals surface area contributed by atoms with E-state index in [1.54, 1.807) is 12.1 Å². The SMILES string of the molecule is CCOC(=O)[C@@H]1[C@@H](c2cn(C(C)=O)c3ccccc23)C2=C(O[C@@]1(O)C(F)(F)F)C(=O)c1ccccc1C2=O. The number of esters is 1. The van der Waals surface area contributed by atoms with E-state index in [1.807, 2.05) is 0 Å². The lowest BCUT2D eigenvalue weighted by molar-refractivity contribution is -0.375. The number of rotatable bonds is 3. The van der Waals surface area contributed by atoms with Gasteiger partial charge in [0.05, 0.1) is 17.7 Å². The van der Waals surface area contributed by atoms with E-state index >= 15 is 0 Å². The fourth-order valence-electron chi connectivity index (χ4n) is 5.18. The van der Waals surface area contributed by atoms with Crippen LogP contribution in [0.3, 0.4) is 0 Å². The van der Waals surface area contributed by atoms with Gasteiger partial charge in [-0.15, -0.1) is 0 Å². The van der Waals surface area contributed by atoms with Gasteiger partial charge in [0.2, 0.25) is 11.7 Å². The number of alkyl halides is 3. The van der Waals surface area contributed by atoms with Crippen LogP contribution in [0.15, 0.2) is 66.1 Å². The second-order valence-corrected chi connectivity index (χ2v) is 8.94. The Hall–Kier alpha value is -4.25. The van der Waals surface area contributed by atoms with E-state index in [4.69, 9.17) is 9.47 Å². The highest BCUT2D eigenvalue weighted by atomic mass is 19.4. The zero-order valence-electron chi connectivity index (χ0n) is 20.0. The van der Waals surface area contributed by atoms with Gasteiger partial charge in [-0.05, 0) is 18.6 Å². The van der Waals surface area contributed by atoms with Crippen molar-refractivity contribution in [1.82, 2.24) is 4.57 Å². The Bertz CT molecular complexity index is 1570. The molecule has 0 radical (unpaired) electrons. The number of hydrogen-bond donors (Lipinski definition) is 1. The Kier molecular flexibility index (Phi) is 5.79. The molecule has 3 atom stereocenters. The predicted octanol–water partition coefficient (Wildman–Crippen LogP) is 4.18. The molecule has 0 fully saturated rings. The van der Waals surface area contributed by atoms with Gasteiger partial charge in [-0.3, -0.25) is 23.7 Å². The van der Waals surface area contributed by atoms with Crippen LogP contribution in [0, 0.1) is 5.92 Å². The minimum atomic E-state index is -5.60. The van der Waals surface area contributed by atoms with E-state index in [9.17, 15) is 37.5 Å². The highest BCUT2D eigenvalue weighted by Crippen LogP contribution is 2.55. The number of carbonyl (C=O) groups excluding carboxylic acids is 4. The Morgan fingerprint density at radius 3 is 2.26 bits per heavy atom. The predicted molar refractivity (Wildman–Crippen MR) is 125 cm³/mol. The smallest absolute Gasteiger partial charge is 0.456 e. The number of para-hydroxylation sites is 1. The van der Waals surface area contributed by atoms with Crippen molar-refractivity contribution in [1.29, 1.82) is 0 Å². The lowest BCUT2D eigenvalue weighted by Crippen LogP contribution is -2.61. The van der Waals surface area contributed by atoms with Crippen molar-refractivity contribution in [3.63, 3.8) is 0 Å². The van der Waals surface area contributed by atoms with Gasteiger partial charge in [-0.2, -0.15) is 13.2 Å². The summed E-state index contributed by atoms with van der Waals surface area (Å²) in [6, 6.07) is 11.7. The van der Waals surface area contributed by atoms with Gasteiger partial charge in [0.25, 0.3) is 0 Å². The first-order valence-corrected chi connectivity index (χ1v) is 11.6. The summed E-state index contributed by atoms with van der Waals surface area (Å²) >= 11 is 0. The molecular formula is C27H20F3NO7. The lowest BCUT2D eigenvalue weighted by atomic mass is 9.69. The van der Waals surface area contributed by atoms with E-state index in [0.29, 0.717) is 0 Å². The molecule has 3 aromatic rings. The van der Waals surface area contributed by atoms with Crippen LogP contribution in [0.1, 0.15) is 50.8 Å². The molecule has 0 bridgehead atoms. The Labute approximate surface area is 213 Å². The highest BCUT2D eigenvalue weighted by molar-refractivity contribution is 6.27. The van der Waals surface area contributed by atoms with Gasteiger partial charge in [0, 0.05) is 35.6 Å². The van der Waals surface area contributed by atoms with E-state index in [1.165, 1.54) is 56.4 Å². The maximum atomic E-state index is 14.5. The van der Waals surface area contributed by atoms with Crippen LogP contribution in [-0.4, -0.2) is 51.7 Å². The molecule has 1 aliphatic heterocycles. The third-order valence-corrected chi connectivity index (χ3v) is 6.80. The number of halogens is 3. The zero-order chi connectivity index (χ0) is 27.6. The van der Waals surface area contributed by atoms with Crippen LogP contribution in [0.4, 0.5) is 13.2 Å². The minimum absolute atomic E-state index is 0.0622. The van der Waals surface area contributed by atoms with Crippen LogP contribution in [0.2, 0.25) is 0 Å². The second kappa shape index (κ2) is 8.66. The number of Topliss-reactive ketones (excluding diaryl/α,β-unsaturated/α-hetero) is 2. The summed E-state index contributed by atoms with van der Waals surface area (Å²) in [5, 5.41) is 11.3. The maximum absolute atomic E-state index is 14.5. The van der Waals surface area contributed by atoms with Crippen molar-refractivity contribution < 1.29 is 46.9 Å². The molecule has 0 unspecified atom stereocenters. The van der Waals surface area contributed by atoms with Crippen molar-refractivity contribution in [3.8, 4) is 0 Å². The van der Waals surface area contributed by atoms with E-state index in [2.05, 4.69) is 0 Å². The number of benzene rings is 2. The van der Waals surface area contributed by atoms with Crippen LogP contribution in [0.5, 0.6) is 0 Å². The molecule has 2 heterocycles. The first-order valence-electron chi connectivity index (χ1n) is 11.6. The van der Waals surface area contributed by atoms with Gasteiger partial charge >= 0.3 is 17.9 Å². The molecule has 38 heavy (non-hydrogen) atoms. The van der Waals surface area contributed by atoms with Crippen LogP contribution < -0.4 is 0 Å². The van der Waals surface area contributed by atoms with Crippen LogP contribution in [-0.2, 0) is 14.3 Å². The van der Waals surface area contributed by atoms with E-state index in [-0.39, 0.29) is 34.2 Å². The summed E-state index contributed by atoms with van der Waals surface area (Å²) < 4.78 is 54.6. The number of fused-ring (bicyclic) bond motifs is 2. The second-order valence-electron chi connectivity index (χ2n) is 8.94. The number of allylic oxidation sites excluding steroid dienone is 2. The van der Waals surface area contributed by atoms with Crippen molar-refractivity contribution in [2.24, 2.45) is 5.92 Å². The first kappa shape index (κ1) is 25.4.